The molecule has 6 nitrogen and oxygen atoms in total. The standard InChI is InChI=1S/C12H21N3O3/c1-8-5-15(6-9(2)18-8)7-11(16)14-12(17)13-10-3-4-10/h8-10H,3-7H2,1-2H3,(H2,13,14,16,17)/t8-,9-/m0/s1. The van der Waals surface area contributed by atoms with Crippen molar-refractivity contribution in [2.45, 2.75) is 44.9 Å². The summed E-state index contributed by atoms with van der Waals surface area (Å²) in [5, 5.41) is 5.08. The summed E-state index contributed by atoms with van der Waals surface area (Å²) in [6, 6.07) is -0.113. The van der Waals surface area contributed by atoms with Gasteiger partial charge in [-0.3, -0.25) is 15.0 Å². The highest BCUT2D eigenvalue weighted by atomic mass is 16.5. The predicted octanol–water partition coefficient (Wildman–Crippen LogP) is 0.0838. The Morgan fingerprint density at radius 1 is 1.22 bits per heavy atom. The highest BCUT2D eigenvalue weighted by Crippen LogP contribution is 2.18. The molecular weight excluding hydrogens is 234 g/mol. The number of amides is 3. The number of ether oxygens (including phenoxy) is 1. The zero-order valence-electron chi connectivity index (χ0n) is 10.9. The highest BCUT2D eigenvalue weighted by molar-refractivity contribution is 5.95. The first-order valence-corrected chi connectivity index (χ1v) is 6.51. The molecule has 0 aromatic carbocycles. The quantitative estimate of drug-likeness (QED) is 0.749. The molecule has 1 aliphatic heterocycles. The summed E-state index contributed by atoms with van der Waals surface area (Å²) in [4.78, 5) is 25.1. The van der Waals surface area contributed by atoms with E-state index in [0.29, 0.717) is 0 Å². The van der Waals surface area contributed by atoms with E-state index in [-0.39, 0.29) is 36.7 Å². The Balaban J connectivity index is 1.70. The average molecular weight is 255 g/mol. The Morgan fingerprint density at radius 3 is 2.39 bits per heavy atom. The van der Waals surface area contributed by atoms with Gasteiger partial charge in [0.2, 0.25) is 5.91 Å². The van der Waals surface area contributed by atoms with Crippen LogP contribution in [0, 0.1) is 0 Å². The van der Waals surface area contributed by atoms with Gasteiger partial charge in [-0.2, -0.15) is 0 Å². The lowest BCUT2D eigenvalue weighted by Gasteiger charge is -2.34. The maximum Gasteiger partial charge on any atom is 0.321 e. The van der Waals surface area contributed by atoms with Gasteiger partial charge in [-0.25, -0.2) is 4.79 Å². The Labute approximate surface area is 107 Å². The van der Waals surface area contributed by atoms with Crippen LogP contribution in [-0.4, -0.2) is 54.7 Å². The average Bonchev–Trinajstić information content (AvgIpc) is 2.98. The van der Waals surface area contributed by atoms with Gasteiger partial charge in [0.05, 0.1) is 18.8 Å². The van der Waals surface area contributed by atoms with E-state index in [1.807, 2.05) is 18.7 Å². The van der Waals surface area contributed by atoms with E-state index in [1.54, 1.807) is 0 Å². The summed E-state index contributed by atoms with van der Waals surface area (Å²) < 4.78 is 5.59. The zero-order valence-corrected chi connectivity index (χ0v) is 10.9. The first kappa shape index (κ1) is 13.3. The minimum Gasteiger partial charge on any atom is -0.373 e. The van der Waals surface area contributed by atoms with Gasteiger partial charge in [-0.05, 0) is 26.7 Å². The fourth-order valence-corrected chi connectivity index (χ4v) is 2.23. The molecule has 0 spiro atoms. The van der Waals surface area contributed by atoms with Crippen LogP contribution in [0.2, 0.25) is 0 Å². The lowest BCUT2D eigenvalue weighted by atomic mass is 10.2. The maximum absolute atomic E-state index is 11.7. The molecular formula is C12H21N3O3. The van der Waals surface area contributed by atoms with E-state index in [4.69, 9.17) is 4.74 Å². The molecule has 18 heavy (non-hydrogen) atoms. The Kier molecular flexibility index (Phi) is 4.19. The number of urea groups is 1. The van der Waals surface area contributed by atoms with Crippen molar-refractivity contribution in [1.82, 2.24) is 15.5 Å². The van der Waals surface area contributed by atoms with Gasteiger partial charge in [0.25, 0.3) is 0 Å². The van der Waals surface area contributed by atoms with Crippen LogP contribution in [-0.2, 0) is 9.53 Å². The first-order chi connectivity index (χ1) is 8.52. The molecule has 2 atom stereocenters. The summed E-state index contributed by atoms with van der Waals surface area (Å²) in [6.45, 7) is 5.67. The van der Waals surface area contributed by atoms with Crippen LogP contribution in [0.4, 0.5) is 4.79 Å². The topological polar surface area (TPSA) is 70.7 Å². The number of hydrogen-bond acceptors (Lipinski definition) is 4. The molecule has 0 aromatic heterocycles. The molecule has 0 bridgehead atoms. The minimum absolute atomic E-state index is 0.127. The van der Waals surface area contributed by atoms with Gasteiger partial charge >= 0.3 is 6.03 Å². The molecule has 0 radical (unpaired) electrons. The van der Waals surface area contributed by atoms with Crippen molar-refractivity contribution in [3.8, 4) is 0 Å². The van der Waals surface area contributed by atoms with Crippen LogP contribution in [0.1, 0.15) is 26.7 Å². The van der Waals surface area contributed by atoms with Crippen LogP contribution in [0.3, 0.4) is 0 Å². The van der Waals surface area contributed by atoms with E-state index in [0.717, 1.165) is 25.9 Å². The molecule has 6 heteroatoms. The second kappa shape index (κ2) is 5.67. The Morgan fingerprint density at radius 2 is 1.83 bits per heavy atom. The van der Waals surface area contributed by atoms with Crippen LogP contribution < -0.4 is 10.6 Å². The number of carbonyl (C=O) groups is 2. The van der Waals surface area contributed by atoms with Gasteiger partial charge in [0, 0.05) is 19.1 Å². The zero-order chi connectivity index (χ0) is 13.1. The van der Waals surface area contributed by atoms with Crippen LogP contribution >= 0.6 is 0 Å². The molecule has 2 aliphatic rings. The third-order valence-corrected chi connectivity index (χ3v) is 3.03. The summed E-state index contributed by atoms with van der Waals surface area (Å²) in [6.07, 6.45) is 2.28. The maximum atomic E-state index is 11.7. The number of carbonyl (C=O) groups excluding carboxylic acids is 2. The number of morpholine rings is 1. The highest BCUT2D eigenvalue weighted by Gasteiger charge is 2.26. The monoisotopic (exact) mass is 255 g/mol. The molecule has 1 saturated carbocycles. The molecule has 3 amide bonds. The van der Waals surface area contributed by atoms with Gasteiger partial charge in [-0.1, -0.05) is 0 Å². The minimum atomic E-state index is -0.378. The summed E-state index contributed by atoms with van der Waals surface area (Å²) in [5.41, 5.74) is 0. The smallest absolute Gasteiger partial charge is 0.321 e. The largest absolute Gasteiger partial charge is 0.373 e. The first-order valence-electron chi connectivity index (χ1n) is 6.51. The molecule has 2 rings (SSSR count). The number of hydrogen-bond donors (Lipinski definition) is 2. The molecule has 1 heterocycles. The van der Waals surface area contributed by atoms with Crippen LogP contribution in [0.15, 0.2) is 0 Å². The van der Waals surface area contributed by atoms with Crippen LogP contribution in [0.5, 0.6) is 0 Å². The third kappa shape index (κ3) is 4.27. The van der Waals surface area contributed by atoms with Crippen molar-refractivity contribution >= 4 is 11.9 Å². The lowest BCUT2D eigenvalue weighted by Crippen LogP contribution is -2.51. The van der Waals surface area contributed by atoms with Gasteiger partial charge < -0.3 is 10.1 Å². The predicted molar refractivity (Wildman–Crippen MR) is 66.1 cm³/mol. The molecule has 0 aromatic rings. The van der Waals surface area contributed by atoms with E-state index >= 15 is 0 Å². The molecule has 2 N–H and O–H groups in total. The Bertz CT molecular complexity index is 321. The van der Waals surface area contributed by atoms with E-state index in [1.165, 1.54) is 0 Å². The number of nitrogens with one attached hydrogen (secondary N) is 2. The fraction of sp³-hybridized carbons (Fsp3) is 0.833. The van der Waals surface area contributed by atoms with Crippen molar-refractivity contribution in [1.29, 1.82) is 0 Å². The SMILES string of the molecule is C[C@H]1CN(CC(=O)NC(=O)NC2CC2)C[C@H](C)O1. The van der Waals surface area contributed by atoms with Crippen molar-refractivity contribution in [3.63, 3.8) is 0 Å². The van der Waals surface area contributed by atoms with Crippen molar-refractivity contribution in [2.24, 2.45) is 0 Å². The van der Waals surface area contributed by atoms with E-state index in [9.17, 15) is 9.59 Å². The second-order valence-electron chi connectivity index (χ2n) is 5.25. The van der Waals surface area contributed by atoms with Gasteiger partial charge in [0.1, 0.15) is 0 Å². The van der Waals surface area contributed by atoms with Crippen molar-refractivity contribution < 1.29 is 14.3 Å². The van der Waals surface area contributed by atoms with E-state index < -0.39 is 0 Å². The fourth-order valence-electron chi connectivity index (χ4n) is 2.23. The normalized spacial score (nSPS) is 28.8. The molecule has 2 fully saturated rings. The van der Waals surface area contributed by atoms with Gasteiger partial charge in [-0.15, -0.1) is 0 Å². The van der Waals surface area contributed by atoms with E-state index in [2.05, 4.69) is 10.6 Å². The summed E-state index contributed by atoms with van der Waals surface area (Å²) in [7, 11) is 0. The lowest BCUT2D eigenvalue weighted by molar-refractivity contribution is -0.124. The Hall–Kier alpha value is -1.14. The van der Waals surface area contributed by atoms with Crippen molar-refractivity contribution in [2.75, 3.05) is 19.6 Å². The third-order valence-electron chi connectivity index (χ3n) is 3.03. The number of imide groups is 1. The molecule has 0 unspecified atom stereocenters. The van der Waals surface area contributed by atoms with Crippen LogP contribution in [0.25, 0.3) is 0 Å². The molecule has 1 aliphatic carbocycles. The molecule has 1 saturated heterocycles. The second-order valence-corrected chi connectivity index (χ2v) is 5.25. The van der Waals surface area contributed by atoms with Gasteiger partial charge in [0.15, 0.2) is 0 Å². The molecule has 102 valence electrons. The summed E-state index contributed by atoms with van der Waals surface area (Å²) in [5.74, 6) is -0.255. The van der Waals surface area contributed by atoms with Crippen molar-refractivity contribution in [3.05, 3.63) is 0 Å². The summed E-state index contributed by atoms with van der Waals surface area (Å²) >= 11 is 0. The number of rotatable bonds is 3. The number of nitrogens with zero attached hydrogens (tertiary/aromatic N) is 1.